The first kappa shape index (κ1) is 12.2. The Balaban J connectivity index is 2.18. The molecule has 0 aromatic heterocycles. The van der Waals surface area contributed by atoms with Crippen LogP contribution in [-0.2, 0) is 11.2 Å². The van der Waals surface area contributed by atoms with Crippen molar-refractivity contribution in [2.45, 2.75) is 19.8 Å². The molecular weight excluding hydrogens is 204 g/mol. The van der Waals surface area contributed by atoms with Crippen LogP contribution in [0, 0.1) is 0 Å². The zero-order valence-electron chi connectivity index (χ0n) is 9.31. The number of carboxylic acids is 1. The maximum atomic E-state index is 10.4. The molecule has 0 saturated heterocycles. The number of hydrogen-bond acceptors (Lipinski definition) is 3. The van der Waals surface area contributed by atoms with Gasteiger partial charge in [0.15, 0.2) is 0 Å². The van der Waals surface area contributed by atoms with Gasteiger partial charge in [0, 0.05) is 6.54 Å². The van der Waals surface area contributed by atoms with Crippen molar-refractivity contribution in [2.24, 2.45) is 5.10 Å². The number of nitrogens with one attached hydrogen (secondary N) is 1. The molecule has 0 atom stereocenters. The van der Waals surface area contributed by atoms with Gasteiger partial charge in [-0.2, -0.15) is 5.10 Å². The number of carboxylic acid groups (broad SMARTS) is 1. The molecule has 0 aliphatic heterocycles. The van der Waals surface area contributed by atoms with Crippen LogP contribution in [0.25, 0.3) is 0 Å². The summed E-state index contributed by atoms with van der Waals surface area (Å²) in [7, 11) is 0. The quantitative estimate of drug-likeness (QED) is 0.435. The fourth-order valence-electron chi connectivity index (χ4n) is 1.24. The van der Waals surface area contributed by atoms with Gasteiger partial charge in [0.05, 0.1) is 0 Å². The fraction of sp³-hybridized carbons (Fsp3) is 0.333. The number of benzene rings is 1. The molecule has 4 heteroatoms. The van der Waals surface area contributed by atoms with Gasteiger partial charge in [-0.25, -0.2) is 4.79 Å². The van der Waals surface area contributed by atoms with Crippen LogP contribution in [0.4, 0.5) is 0 Å². The van der Waals surface area contributed by atoms with Crippen molar-refractivity contribution >= 4 is 11.7 Å². The maximum absolute atomic E-state index is 10.4. The van der Waals surface area contributed by atoms with Crippen LogP contribution in [0.3, 0.4) is 0 Å². The SMILES string of the molecule is C/C(=N/NCCCc1ccccc1)C(=O)O. The lowest BCUT2D eigenvalue weighted by Gasteiger charge is -2.01. The molecule has 0 saturated carbocycles. The van der Waals surface area contributed by atoms with Crippen molar-refractivity contribution in [2.75, 3.05) is 6.54 Å². The van der Waals surface area contributed by atoms with E-state index in [-0.39, 0.29) is 5.71 Å². The molecule has 2 N–H and O–H groups in total. The first-order chi connectivity index (χ1) is 7.70. The standard InChI is InChI=1S/C12H16N2O2/c1-10(12(15)16)14-13-9-5-8-11-6-3-2-4-7-11/h2-4,6-7,13H,5,8-9H2,1H3,(H,15,16)/b14-10-. The lowest BCUT2D eigenvalue weighted by Crippen LogP contribution is -2.16. The number of carbonyl (C=O) groups is 1. The molecule has 1 aromatic carbocycles. The molecule has 86 valence electrons. The molecule has 0 bridgehead atoms. The van der Waals surface area contributed by atoms with Gasteiger partial charge in [0.1, 0.15) is 5.71 Å². The molecule has 0 heterocycles. The predicted molar refractivity (Wildman–Crippen MR) is 63.5 cm³/mol. The van der Waals surface area contributed by atoms with Crippen LogP contribution in [0.5, 0.6) is 0 Å². The largest absolute Gasteiger partial charge is 0.477 e. The number of aryl methyl sites for hydroxylation is 1. The van der Waals surface area contributed by atoms with E-state index in [0.29, 0.717) is 6.54 Å². The summed E-state index contributed by atoms with van der Waals surface area (Å²) in [5.41, 5.74) is 4.11. The molecule has 1 aromatic rings. The van der Waals surface area contributed by atoms with Crippen molar-refractivity contribution in [1.29, 1.82) is 0 Å². The molecule has 0 amide bonds. The third kappa shape index (κ3) is 4.59. The van der Waals surface area contributed by atoms with Crippen LogP contribution < -0.4 is 5.43 Å². The van der Waals surface area contributed by atoms with E-state index in [1.54, 1.807) is 0 Å². The van der Waals surface area contributed by atoms with Gasteiger partial charge in [0.25, 0.3) is 0 Å². The fourth-order valence-corrected chi connectivity index (χ4v) is 1.24. The normalized spacial score (nSPS) is 11.2. The van der Waals surface area contributed by atoms with Crippen molar-refractivity contribution in [3.63, 3.8) is 0 Å². The van der Waals surface area contributed by atoms with Gasteiger partial charge >= 0.3 is 5.97 Å². The van der Waals surface area contributed by atoms with Crippen LogP contribution in [0.15, 0.2) is 35.4 Å². The van der Waals surface area contributed by atoms with Gasteiger partial charge in [-0.05, 0) is 25.3 Å². The van der Waals surface area contributed by atoms with Gasteiger partial charge in [0.2, 0.25) is 0 Å². The van der Waals surface area contributed by atoms with E-state index in [1.807, 2.05) is 18.2 Å². The Kier molecular flexibility index (Phi) is 5.05. The predicted octanol–water partition coefficient (Wildman–Crippen LogP) is 1.67. The number of aliphatic carboxylic acids is 1. The van der Waals surface area contributed by atoms with E-state index in [4.69, 9.17) is 5.11 Å². The zero-order valence-corrected chi connectivity index (χ0v) is 9.31. The molecule has 0 spiro atoms. The second-order valence-corrected chi connectivity index (χ2v) is 3.50. The van der Waals surface area contributed by atoms with E-state index in [0.717, 1.165) is 12.8 Å². The lowest BCUT2D eigenvalue weighted by atomic mass is 10.1. The highest BCUT2D eigenvalue weighted by Crippen LogP contribution is 2.01. The van der Waals surface area contributed by atoms with Crippen LogP contribution in [0.2, 0.25) is 0 Å². The Morgan fingerprint density at radius 3 is 2.69 bits per heavy atom. The highest BCUT2D eigenvalue weighted by molar-refractivity contribution is 6.34. The van der Waals surface area contributed by atoms with Crippen molar-refractivity contribution in [1.82, 2.24) is 5.43 Å². The summed E-state index contributed by atoms with van der Waals surface area (Å²) in [4.78, 5) is 10.4. The topological polar surface area (TPSA) is 61.7 Å². The number of hydrazone groups is 1. The maximum Gasteiger partial charge on any atom is 0.351 e. The zero-order chi connectivity index (χ0) is 11.8. The Labute approximate surface area is 95.0 Å². The van der Waals surface area contributed by atoms with Gasteiger partial charge in [-0.15, -0.1) is 0 Å². The van der Waals surface area contributed by atoms with Crippen molar-refractivity contribution in [3.8, 4) is 0 Å². The first-order valence-electron chi connectivity index (χ1n) is 5.24. The van der Waals surface area contributed by atoms with Gasteiger partial charge in [-0.3, -0.25) is 0 Å². The third-order valence-electron chi connectivity index (χ3n) is 2.15. The highest BCUT2D eigenvalue weighted by Gasteiger charge is 1.99. The Hall–Kier alpha value is -1.84. The van der Waals surface area contributed by atoms with Crippen molar-refractivity contribution in [3.05, 3.63) is 35.9 Å². The summed E-state index contributed by atoms with van der Waals surface area (Å²) in [5, 5.41) is 12.3. The van der Waals surface area contributed by atoms with Crippen LogP contribution in [-0.4, -0.2) is 23.3 Å². The second kappa shape index (κ2) is 6.61. The van der Waals surface area contributed by atoms with E-state index in [1.165, 1.54) is 12.5 Å². The summed E-state index contributed by atoms with van der Waals surface area (Å²) in [6, 6.07) is 10.2. The Bertz CT molecular complexity index is 361. The highest BCUT2D eigenvalue weighted by atomic mass is 16.4. The molecule has 0 radical (unpaired) electrons. The van der Waals surface area contributed by atoms with E-state index in [9.17, 15) is 4.79 Å². The number of hydrogen-bond donors (Lipinski definition) is 2. The van der Waals surface area contributed by atoms with Crippen LogP contribution in [0.1, 0.15) is 18.9 Å². The Morgan fingerprint density at radius 2 is 2.06 bits per heavy atom. The molecule has 0 unspecified atom stereocenters. The van der Waals surface area contributed by atoms with E-state index in [2.05, 4.69) is 22.7 Å². The van der Waals surface area contributed by atoms with E-state index >= 15 is 0 Å². The summed E-state index contributed by atoms with van der Waals surface area (Å²) >= 11 is 0. The summed E-state index contributed by atoms with van der Waals surface area (Å²) in [5.74, 6) is -0.990. The number of rotatable bonds is 6. The minimum Gasteiger partial charge on any atom is -0.477 e. The molecule has 0 aliphatic rings. The average molecular weight is 220 g/mol. The van der Waals surface area contributed by atoms with Crippen molar-refractivity contribution < 1.29 is 9.90 Å². The monoisotopic (exact) mass is 220 g/mol. The summed E-state index contributed by atoms with van der Waals surface area (Å²) in [6.45, 7) is 2.14. The smallest absolute Gasteiger partial charge is 0.351 e. The minimum atomic E-state index is -0.990. The van der Waals surface area contributed by atoms with Gasteiger partial charge < -0.3 is 10.5 Å². The summed E-state index contributed by atoms with van der Waals surface area (Å²) in [6.07, 6.45) is 1.90. The molecule has 4 nitrogen and oxygen atoms in total. The number of nitrogens with zero attached hydrogens (tertiary/aromatic N) is 1. The van der Waals surface area contributed by atoms with Crippen LogP contribution >= 0.6 is 0 Å². The second-order valence-electron chi connectivity index (χ2n) is 3.50. The Morgan fingerprint density at radius 1 is 1.38 bits per heavy atom. The molecule has 16 heavy (non-hydrogen) atoms. The minimum absolute atomic E-state index is 0.0831. The summed E-state index contributed by atoms with van der Waals surface area (Å²) < 4.78 is 0. The first-order valence-corrected chi connectivity index (χ1v) is 5.24. The van der Waals surface area contributed by atoms with Gasteiger partial charge in [-0.1, -0.05) is 30.3 Å². The average Bonchev–Trinajstić information content (AvgIpc) is 2.29. The lowest BCUT2D eigenvalue weighted by molar-refractivity contribution is -0.129. The molecular formula is C12H16N2O2. The third-order valence-corrected chi connectivity index (χ3v) is 2.15. The molecule has 0 aliphatic carbocycles. The molecule has 1 rings (SSSR count). The van der Waals surface area contributed by atoms with E-state index < -0.39 is 5.97 Å². The molecule has 0 fully saturated rings.